The van der Waals surface area contributed by atoms with Crippen LogP contribution in [0.15, 0.2) is 78.9 Å². The van der Waals surface area contributed by atoms with Gasteiger partial charge in [-0.15, -0.1) is 0 Å². The van der Waals surface area contributed by atoms with Crippen molar-refractivity contribution in [2.24, 2.45) is 5.92 Å². The Morgan fingerprint density at radius 2 is 1.68 bits per heavy atom. The van der Waals surface area contributed by atoms with Gasteiger partial charge in [0.1, 0.15) is 5.75 Å². The average Bonchev–Trinajstić information content (AvgIpc) is 2.84. The van der Waals surface area contributed by atoms with Gasteiger partial charge in [-0.3, -0.25) is 4.79 Å². The molecule has 0 fully saturated rings. The van der Waals surface area contributed by atoms with Crippen molar-refractivity contribution >= 4 is 23.6 Å². The lowest BCUT2D eigenvalue weighted by atomic mass is 10.1. The number of ether oxygens (including phenoxy) is 3. The first kappa shape index (κ1) is 24.6. The fourth-order valence-electron chi connectivity index (χ4n) is 3.03. The number of nitrogens with one attached hydrogen (secondary N) is 1. The van der Waals surface area contributed by atoms with Gasteiger partial charge >= 0.3 is 5.97 Å². The molecule has 0 unspecified atom stereocenters. The van der Waals surface area contributed by atoms with E-state index in [1.54, 1.807) is 43.5 Å². The first-order chi connectivity index (χ1) is 16.4. The normalized spacial score (nSPS) is 10.8. The lowest BCUT2D eigenvalue weighted by molar-refractivity contribution is -0.128. The maximum Gasteiger partial charge on any atom is 0.336 e. The first-order valence-corrected chi connectivity index (χ1v) is 11.1. The second-order valence-electron chi connectivity index (χ2n) is 8.04. The van der Waals surface area contributed by atoms with Gasteiger partial charge in [0.25, 0.3) is 5.91 Å². The number of rotatable bonds is 10. The van der Waals surface area contributed by atoms with Crippen LogP contribution in [0.1, 0.15) is 36.2 Å². The third kappa shape index (κ3) is 7.52. The molecular formula is C28H29NO5. The van der Waals surface area contributed by atoms with E-state index in [4.69, 9.17) is 14.2 Å². The Morgan fingerprint density at radius 1 is 0.941 bits per heavy atom. The van der Waals surface area contributed by atoms with Gasteiger partial charge in [0.15, 0.2) is 11.5 Å². The number of hydrogen-bond acceptors (Lipinski definition) is 5. The minimum Gasteiger partial charge on any atom is -0.493 e. The highest BCUT2D eigenvalue weighted by atomic mass is 16.5. The fourth-order valence-corrected chi connectivity index (χ4v) is 3.03. The molecule has 6 heteroatoms. The van der Waals surface area contributed by atoms with Crippen molar-refractivity contribution < 1.29 is 23.8 Å². The molecule has 1 N–H and O–H groups in total. The van der Waals surface area contributed by atoms with Crippen LogP contribution in [0.4, 0.5) is 5.69 Å². The molecule has 3 aromatic carbocycles. The van der Waals surface area contributed by atoms with Crippen molar-refractivity contribution in [2.45, 2.75) is 20.3 Å². The number of anilines is 1. The summed E-state index contributed by atoms with van der Waals surface area (Å²) in [7, 11) is 1.58. The van der Waals surface area contributed by atoms with Gasteiger partial charge in [-0.05, 0) is 72.5 Å². The van der Waals surface area contributed by atoms with Crippen molar-refractivity contribution in [3.05, 3.63) is 90.0 Å². The van der Waals surface area contributed by atoms with Crippen LogP contribution in [0.3, 0.4) is 0 Å². The zero-order valence-electron chi connectivity index (χ0n) is 19.6. The van der Waals surface area contributed by atoms with E-state index in [2.05, 4.69) is 19.2 Å². The van der Waals surface area contributed by atoms with Crippen LogP contribution < -0.4 is 19.5 Å². The summed E-state index contributed by atoms with van der Waals surface area (Å²) in [6, 6.07) is 21.0. The third-order valence-electron chi connectivity index (χ3n) is 4.92. The highest BCUT2D eigenvalue weighted by molar-refractivity contribution is 6.04. The zero-order valence-corrected chi connectivity index (χ0v) is 19.6. The first-order valence-electron chi connectivity index (χ1n) is 11.1. The summed E-state index contributed by atoms with van der Waals surface area (Å²) in [5.74, 6) is 1.40. The lowest BCUT2D eigenvalue weighted by Crippen LogP contribution is -2.11. The predicted octanol–water partition coefficient (Wildman–Crippen LogP) is 5.99. The van der Waals surface area contributed by atoms with Crippen molar-refractivity contribution in [2.75, 3.05) is 19.0 Å². The third-order valence-corrected chi connectivity index (χ3v) is 4.92. The van der Waals surface area contributed by atoms with Crippen molar-refractivity contribution in [3.8, 4) is 17.2 Å². The molecule has 6 nitrogen and oxygen atoms in total. The van der Waals surface area contributed by atoms with Gasteiger partial charge in [-0.25, -0.2) is 4.79 Å². The Kier molecular flexibility index (Phi) is 8.86. The van der Waals surface area contributed by atoms with E-state index >= 15 is 0 Å². The van der Waals surface area contributed by atoms with Gasteiger partial charge in [-0.2, -0.15) is 0 Å². The number of benzene rings is 3. The van der Waals surface area contributed by atoms with Crippen LogP contribution >= 0.6 is 0 Å². The van der Waals surface area contributed by atoms with Crippen LogP contribution in [0.5, 0.6) is 17.2 Å². The smallest absolute Gasteiger partial charge is 0.336 e. The maximum atomic E-state index is 12.3. The second kappa shape index (κ2) is 12.3. The van der Waals surface area contributed by atoms with E-state index in [-0.39, 0.29) is 5.91 Å². The predicted molar refractivity (Wildman–Crippen MR) is 133 cm³/mol. The van der Waals surface area contributed by atoms with E-state index in [9.17, 15) is 9.59 Å². The molecular weight excluding hydrogens is 430 g/mol. The van der Waals surface area contributed by atoms with Crippen molar-refractivity contribution in [1.29, 1.82) is 0 Å². The summed E-state index contributed by atoms with van der Waals surface area (Å²) in [6.45, 7) is 4.90. The van der Waals surface area contributed by atoms with Gasteiger partial charge in [-0.1, -0.05) is 38.1 Å². The van der Waals surface area contributed by atoms with E-state index < -0.39 is 5.97 Å². The molecule has 0 aliphatic heterocycles. The molecule has 0 spiro atoms. The summed E-state index contributed by atoms with van der Waals surface area (Å²) in [5, 5.41) is 2.81. The summed E-state index contributed by atoms with van der Waals surface area (Å²) < 4.78 is 16.5. The highest BCUT2D eigenvalue weighted by Crippen LogP contribution is 2.29. The molecule has 0 aliphatic carbocycles. The molecule has 0 atom stereocenters. The minimum absolute atomic E-state index is 0.241. The van der Waals surface area contributed by atoms with E-state index in [0.717, 1.165) is 12.0 Å². The largest absolute Gasteiger partial charge is 0.493 e. The Balaban J connectivity index is 1.55. The highest BCUT2D eigenvalue weighted by Gasteiger charge is 2.08. The molecule has 0 aromatic heterocycles. The molecule has 3 rings (SSSR count). The summed E-state index contributed by atoms with van der Waals surface area (Å²) >= 11 is 0. The number of para-hydroxylation sites is 1. The van der Waals surface area contributed by atoms with Crippen molar-refractivity contribution in [3.63, 3.8) is 0 Å². The summed E-state index contributed by atoms with van der Waals surface area (Å²) in [4.78, 5) is 24.5. The van der Waals surface area contributed by atoms with Crippen LogP contribution in [0.2, 0.25) is 0 Å². The standard InChI is InChI=1S/C28H29NO5/c1-20(2)17-18-33-25-15-9-21(19-26(25)32-3)10-16-27(30)34-24-13-11-22(12-14-24)28(31)29-23-7-5-4-6-8-23/h4-16,19-20H,17-18H2,1-3H3,(H,29,31)/b16-10+. The Labute approximate surface area is 200 Å². The number of esters is 1. The molecule has 0 saturated carbocycles. The second-order valence-corrected chi connectivity index (χ2v) is 8.04. The molecule has 0 radical (unpaired) electrons. The quantitative estimate of drug-likeness (QED) is 0.229. The van der Waals surface area contributed by atoms with Crippen LogP contribution in [-0.2, 0) is 4.79 Å². The molecule has 34 heavy (non-hydrogen) atoms. The van der Waals surface area contributed by atoms with E-state index in [1.165, 1.54) is 6.08 Å². The lowest BCUT2D eigenvalue weighted by Gasteiger charge is -2.12. The topological polar surface area (TPSA) is 73.9 Å². The number of hydrogen-bond donors (Lipinski definition) is 1. The Hall–Kier alpha value is -4.06. The molecule has 3 aromatic rings. The van der Waals surface area contributed by atoms with Crippen LogP contribution in [0, 0.1) is 5.92 Å². The summed E-state index contributed by atoms with van der Waals surface area (Å²) in [6.07, 6.45) is 3.93. The number of amides is 1. The van der Waals surface area contributed by atoms with Crippen LogP contribution in [0.25, 0.3) is 6.08 Å². The molecule has 0 aliphatic rings. The molecule has 176 valence electrons. The number of carbonyl (C=O) groups excluding carboxylic acids is 2. The SMILES string of the molecule is COc1cc(/C=C/C(=O)Oc2ccc(C(=O)Nc3ccccc3)cc2)ccc1OCCC(C)C. The molecule has 0 heterocycles. The Bertz CT molecular complexity index is 1120. The Morgan fingerprint density at radius 3 is 2.35 bits per heavy atom. The van der Waals surface area contributed by atoms with Crippen LogP contribution in [-0.4, -0.2) is 25.6 Å². The number of methoxy groups -OCH3 is 1. The average molecular weight is 460 g/mol. The molecule has 0 saturated heterocycles. The maximum absolute atomic E-state index is 12.3. The van der Waals surface area contributed by atoms with Gasteiger partial charge in [0, 0.05) is 17.3 Å². The van der Waals surface area contributed by atoms with Gasteiger partial charge < -0.3 is 19.5 Å². The monoisotopic (exact) mass is 459 g/mol. The molecule has 1 amide bonds. The molecule has 0 bridgehead atoms. The number of carbonyl (C=O) groups is 2. The van der Waals surface area contributed by atoms with Crippen molar-refractivity contribution in [1.82, 2.24) is 0 Å². The van der Waals surface area contributed by atoms with E-state index in [1.807, 2.05) is 42.5 Å². The van der Waals surface area contributed by atoms with Gasteiger partial charge in [0.05, 0.1) is 13.7 Å². The minimum atomic E-state index is -0.530. The van der Waals surface area contributed by atoms with E-state index in [0.29, 0.717) is 41.0 Å². The zero-order chi connectivity index (χ0) is 24.3. The van der Waals surface area contributed by atoms with Gasteiger partial charge in [0.2, 0.25) is 0 Å². The summed E-state index contributed by atoms with van der Waals surface area (Å²) in [5.41, 5.74) is 1.94. The fraction of sp³-hybridized carbons (Fsp3) is 0.214.